The van der Waals surface area contributed by atoms with Crippen molar-refractivity contribution in [1.82, 2.24) is 10.2 Å². The molecule has 3 saturated heterocycles. The minimum Gasteiger partial charge on any atom is -0.489 e. The Hall–Kier alpha value is -1.88. The van der Waals surface area contributed by atoms with Crippen molar-refractivity contribution >= 4 is 11.7 Å². The molecule has 1 amide bonds. The van der Waals surface area contributed by atoms with E-state index in [9.17, 15) is 9.18 Å². The molecule has 1 aromatic carbocycles. The van der Waals surface area contributed by atoms with E-state index in [1.165, 1.54) is 6.08 Å². The van der Waals surface area contributed by atoms with Crippen molar-refractivity contribution in [2.45, 2.75) is 18.9 Å². The van der Waals surface area contributed by atoms with Crippen LogP contribution >= 0.6 is 0 Å². The summed E-state index contributed by atoms with van der Waals surface area (Å²) in [5.74, 6) is 0.629. The molecule has 1 atom stereocenters. The number of halogens is 1. The first-order chi connectivity index (χ1) is 10.7. The summed E-state index contributed by atoms with van der Waals surface area (Å²) in [7, 11) is 0. The van der Waals surface area contributed by atoms with Crippen LogP contribution in [0.15, 0.2) is 24.3 Å². The van der Waals surface area contributed by atoms with Crippen molar-refractivity contribution < 1.29 is 13.9 Å². The molecule has 4 aliphatic heterocycles. The van der Waals surface area contributed by atoms with Crippen LogP contribution in [0.4, 0.5) is 4.39 Å². The molecule has 5 heteroatoms. The minimum atomic E-state index is -0.321. The number of hydrogen-bond donors (Lipinski definition) is 1. The molecule has 0 spiro atoms. The maximum atomic E-state index is 13.8. The molecule has 4 nitrogen and oxygen atoms in total. The van der Waals surface area contributed by atoms with Gasteiger partial charge in [0.2, 0.25) is 0 Å². The second-order valence-electron chi connectivity index (χ2n) is 6.29. The summed E-state index contributed by atoms with van der Waals surface area (Å²) in [6.45, 7) is 3.45. The third-order valence-electron chi connectivity index (χ3n) is 4.97. The van der Waals surface area contributed by atoms with Gasteiger partial charge in [-0.05, 0) is 56.1 Å². The molecule has 22 heavy (non-hydrogen) atoms. The topological polar surface area (TPSA) is 41.6 Å². The molecule has 0 aromatic heterocycles. The lowest BCUT2D eigenvalue weighted by Crippen LogP contribution is -2.57. The quantitative estimate of drug-likeness (QED) is 0.911. The van der Waals surface area contributed by atoms with E-state index in [2.05, 4.69) is 10.2 Å². The van der Waals surface area contributed by atoms with Gasteiger partial charge in [0.1, 0.15) is 18.2 Å². The Bertz CT molecular complexity index is 636. The zero-order chi connectivity index (χ0) is 15.1. The number of amides is 1. The highest BCUT2D eigenvalue weighted by molar-refractivity contribution is 5.95. The van der Waals surface area contributed by atoms with Gasteiger partial charge in [0.15, 0.2) is 0 Å². The second-order valence-corrected chi connectivity index (χ2v) is 6.29. The lowest BCUT2D eigenvalue weighted by atomic mass is 9.84. The summed E-state index contributed by atoms with van der Waals surface area (Å²) in [6.07, 6.45) is 3.69. The zero-order valence-electron chi connectivity index (χ0n) is 12.3. The smallest absolute Gasteiger partial charge is 0.251 e. The van der Waals surface area contributed by atoms with Gasteiger partial charge in [-0.25, -0.2) is 4.39 Å². The molecule has 4 heterocycles. The first-order valence-corrected chi connectivity index (χ1v) is 7.87. The van der Waals surface area contributed by atoms with E-state index in [1.54, 1.807) is 18.2 Å². The van der Waals surface area contributed by atoms with Gasteiger partial charge in [-0.3, -0.25) is 4.79 Å². The average molecular weight is 302 g/mol. The highest BCUT2D eigenvalue weighted by atomic mass is 19.1. The highest BCUT2D eigenvalue weighted by Gasteiger charge is 2.35. The zero-order valence-corrected chi connectivity index (χ0v) is 12.3. The fourth-order valence-corrected chi connectivity index (χ4v) is 3.68. The molecule has 0 saturated carbocycles. The number of nitrogens with zero attached hydrogens (tertiary/aromatic N) is 1. The lowest BCUT2D eigenvalue weighted by Gasteiger charge is -2.44. The van der Waals surface area contributed by atoms with Crippen LogP contribution < -0.4 is 10.1 Å². The summed E-state index contributed by atoms with van der Waals surface area (Å²) >= 11 is 0. The van der Waals surface area contributed by atoms with Gasteiger partial charge < -0.3 is 15.0 Å². The molecule has 0 aliphatic carbocycles. The van der Waals surface area contributed by atoms with Gasteiger partial charge in [-0.1, -0.05) is 0 Å². The number of ether oxygens (including phenoxy) is 1. The number of piperidine rings is 3. The number of hydrogen-bond acceptors (Lipinski definition) is 3. The first kappa shape index (κ1) is 13.8. The fraction of sp³-hybridized carbons (Fsp3) is 0.471. The van der Waals surface area contributed by atoms with Gasteiger partial charge in [0.25, 0.3) is 5.91 Å². The highest BCUT2D eigenvalue weighted by Crippen LogP contribution is 2.32. The van der Waals surface area contributed by atoms with E-state index >= 15 is 0 Å². The van der Waals surface area contributed by atoms with Crippen molar-refractivity contribution in [3.63, 3.8) is 0 Å². The SMILES string of the molecule is O=C(N[C@H]1CN2CCC1CC2)c1ccc2c(c1)C(F)=CCO2. The van der Waals surface area contributed by atoms with Crippen LogP contribution in [-0.4, -0.2) is 43.1 Å². The van der Waals surface area contributed by atoms with Crippen LogP contribution in [0.5, 0.6) is 5.75 Å². The Morgan fingerprint density at radius 3 is 2.86 bits per heavy atom. The van der Waals surface area contributed by atoms with Gasteiger partial charge in [-0.15, -0.1) is 0 Å². The number of benzene rings is 1. The van der Waals surface area contributed by atoms with Crippen molar-refractivity contribution in [2.24, 2.45) is 5.92 Å². The van der Waals surface area contributed by atoms with Crippen molar-refractivity contribution in [3.05, 3.63) is 35.4 Å². The number of carbonyl (C=O) groups excluding carboxylic acids is 1. The summed E-state index contributed by atoms with van der Waals surface area (Å²) in [4.78, 5) is 14.9. The average Bonchev–Trinajstić information content (AvgIpc) is 2.56. The van der Waals surface area contributed by atoms with Crippen LogP contribution in [0.1, 0.15) is 28.8 Å². The summed E-state index contributed by atoms with van der Waals surface area (Å²) in [6, 6.07) is 5.17. The van der Waals surface area contributed by atoms with Gasteiger partial charge >= 0.3 is 0 Å². The van der Waals surface area contributed by atoms with Crippen LogP contribution in [0, 0.1) is 5.92 Å². The van der Waals surface area contributed by atoms with Crippen LogP contribution in [0.3, 0.4) is 0 Å². The molecule has 2 bridgehead atoms. The number of rotatable bonds is 2. The maximum absolute atomic E-state index is 13.8. The molecule has 3 fully saturated rings. The van der Waals surface area contributed by atoms with Gasteiger partial charge in [0, 0.05) is 18.2 Å². The Labute approximate surface area is 128 Å². The summed E-state index contributed by atoms with van der Waals surface area (Å²) in [5.41, 5.74) is 0.858. The summed E-state index contributed by atoms with van der Waals surface area (Å²) < 4.78 is 19.2. The van der Waals surface area contributed by atoms with Crippen molar-refractivity contribution in [1.29, 1.82) is 0 Å². The Kier molecular flexibility index (Phi) is 3.37. The predicted octanol–water partition coefficient (Wildman–Crippen LogP) is 2.21. The van der Waals surface area contributed by atoms with E-state index in [0.717, 1.165) is 32.5 Å². The number of carbonyl (C=O) groups is 1. The monoisotopic (exact) mass is 302 g/mol. The fourth-order valence-electron chi connectivity index (χ4n) is 3.68. The molecular weight excluding hydrogens is 283 g/mol. The molecule has 1 aromatic rings. The number of fused-ring (bicyclic) bond motifs is 4. The van der Waals surface area contributed by atoms with Crippen molar-refractivity contribution in [3.8, 4) is 5.75 Å². The van der Waals surface area contributed by atoms with E-state index in [-0.39, 0.29) is 24.4 Å². The molecule has 116 valence electrons. The van der Waals surface area contributed by atoms with Crippen LogP contribution in [0.2, 0.25) is 0 Å². The Balaban J connectivity index is 1.51. The van der Waals surface area contributed by atoms with E-state index < -0.39 is 0 Å². The third-order valence-corrected chi connectivity index (χ3v) is 4.97. The van der Waals surface area contributed by atoms with Crippen LogP contribution in [0.25, 0.3) is 5.83 Å². The van der Waals surface area contributed by atoms with E-state index in [0.29, 0.717) is 22.8 Å². The molecular formula is C17H19FN2O2. The third kappa shape index (κ3) is 2.39. The molecule has 4 aliphatic rings. The summed E-state index contributed by atoms with van der Waals surface area (Å²) in [5, 5.41) is 3.12. The lowest BCUT2D eigenvalue weighted by molar-refractivity contribution is 0.0620. The molecule has 0 radical (unpaired) electrons. The standard InChI is InChI=1S/C17H19FN2O2/c18-14-5-8-22-16-2-1-12(9-13(14)16)17(21)19-15-10-20-6-3-11(15)4-7-20/h1-2,5,9,11,15H,3-4,6-8,10H2,(H,19,21)/t15-/m0/s1. The van der Waals surface area contributed by atoms with E-state index in [1.807, 2.05) is 0 Å². The molecule has 5 rings (SSSR count). The van der Waals surface area contributed by atoms with Gasteiger partial charge in [0.05, 0.1) is 5.56 Å². The number of nitrogens with one attached hydrogen (secondary N) is 1. The predicted molar refractivity (Wildman–Crippen MR) is 81.4 cm³/mol. The maximum Gasteiger partial charge on any atom is 0.251 e. The van der Waals surface area contributed by atoms with Crippen molar-refractivity contribution in [2.75, 3.05) is 26.2 Å². The van der Waals surface area contributed by atoms with Gasteiger partial charge in [-0.2, -0.15) is 0 Å². The molecule has 0 unspecified atom stereocenters. The second kappa shape index (κ2) is 5.39. The Morgan fingerprint density at radius 1 is 1.32 bits per heavy atom. The normalized spacial score (nSPS) is 29.3. The Morgan fingerprint density at radius 2 is 2.14 bits per heavy atom. The molecule has 1 N–H and O–H groups in total. The first-order valence-electron chi connectivity index (χ1n) is 7.87. The largest absolute Gasteiger partial charge is 0.489 e. The minimum absolute atomic E-state index is 0.125. The van der Waals surface area contributed by atoms with E-state index in [4.69, 9.17) is 4.74 Å². The van der Waals surface area contributed by atoms with Crippen LogP contribution in [-0.2, 0) is 0 Å².